The molecule has 5 nitrogen and oxygen atoms in total. The second-order valence-electron chi connectivity index (χ2n) is 6.40. The Morgan fingerprint density at radius 3 is 2.27 bits per heavy atom. The highest BCUT2D eigenvalue weighted by atomic mass is 35.5. The summed E-state index contributed by atoms with van der Waals surface area (Å²) < 4.78 is 39.1. The zero-order chi connectivity index (χ0) is 19.4. The largest absolute Gasteiger partial charge is 0.416 e. The van der Waals surface area contributed by atoms with Crippen molar-refractivity contribution in [2.24, 2.45) is 11.7 Å². The second kappa shape index (κ2) is 9.78. The van der Waals surface area contributed by atoms with Gasteiger partial charge in [0, 0.05) is 37.8 Å². The van der Waals surface area contributed by atoms with Crippen molar-refractivity contribution < 1.29 is 22.8 Å². The molecule has 0 aliphatic carbocycles. The van der Waals surface area contributed by atoms with E-state index in [2.05, 4.69) is 5.32 Å². The van der Waals surface area contributed by atoms with Crippen molar-refractivity contribution in [2.45, 2.75) is 39.4 Å². The van der Waals surface area contributed by atoms with Gasteiger partial charge in [0.05, 0.1) is 5.56 Å². The summed E-state index contributed by atoms with van der Waals surface area (Å²) >= 11 is 0. The van der Waals surface area contributed by atoms with E-state index in [0.29, 0.717) is 13.0 Å². The van der Waals surface area contributed by atoms with Crippen molar-refractivity contribution in [3.8, 4) is 0 Å². The Balaban J connectivity index is 0.00000625. The number of nitrogens with two attached hydrogens (primary N) is 1. The maximum absolute atomic E-state index is 13.0. The molecule has 0 heterocycles. The van der Waals surface area contributed by atoms with E-state index in [0.717, 1.165) is 12.1 Å². The number of nitrogens with one attached hydrogen (secondary N) is 1. The number of rotatable bonds is 6. The molecule has 0 saturated carbocycles. The molecular weight excluding hydrogens is 371 g/mol. The number of carbonyl (C=O) groups is 2. The van der Waals surface area contributed by atoms with Gasteiger partial charge in [-0.2, -0.15) is 13.2 Å². The van der Waals surface area contributed by atoms with E-state index in [9.17, 15) is 22.8 Å². The van der Waals surface area contributed by atoms with Crippen LogP contribution in [0.5, 0.6) is 0 Å². The molecule has 0 spiro atoms. The third-order valence-electron chi connectivity index (χ3n) is 3.83. The smallest absolute Gasteiger partial charge is 0.342 e. The number of halogens is 4. The molecule has 0 aliphatic heterocycles. The third kappa shape index (κ3) is 7.21. The minimum absolute atomic E-state index is 0. The first-order chi connectivity index (χ1) is 11.4. The highest BCUT2D eigenvalue weighted by Gasteiger charge is 2.32. The molecule has 2 amide bonds. The van der Waals surface area contributed by atoms with Crippen LogP contribution >= 0.6 is 12.4 Å². The number of hydrogen-bond donors (Lipinski definition) is 2. The normalized spacial score (nSPS) is 12.3. The summed E-state index contributed by atoms with van der Waals surface area (Å²) in [4.78, 5) is 24.9. The van der Waals surface area contributed by atoms with E-state index < -0.39 is 23.6 Å². The van der Waals surface area contributed by atoms with Gasteiger partial charge < -0.3 is 16.0 Å². The van der Waals surface area contributed by atoms with Crippen LogP contribution in [0, 0.1) is 5.92 Å². The van der Waals surface area contributed by atoms with Crippen LogP contribution in [0.3, 0.4) is 0 Å². The van der Waals surface area contributed by atoms with E-state index in [1.165, 1.54) is 24.9 Å². The lowest BCUT2D eigenvalue weighted by Crippen LogP contribution is -2.34. The molecule has 1 aromatic carbocycles. The van der Waals surface area contributed by atoms with Crippen LogP contribution in [-0.4, -0.2) is 36.3 Å². The fraction of sp³-hybridized carbons (Fsp3) is 0.529. The average Bonchev–Trinajstić information content (AvgIpc) is 2.49. The molecule has 1 unspecified atom stereocenters. The monoisotopic (exact) mass is 395 g/mol. The maximum atomic E-state index is 13.0. The molecule has 0 radical (unpaired) electrons. The number of carbonyl (C=O) groups excluding carboxylic acids is 2. The van der Waals surface area contributed by atoms with Gasteiger partial charge in [-0.15, -0.1) is 12.4 Å². The fourth-order valence-electron chi connectivity index (χ4n) is 2.19. The van der Waals surface area contributed by atoms with E-state index in [1.54, 1.807) is 0 Å². The summed E-state index contributed by atoms with van der Waals surface area (Å²) in [6.07, 6.45) is -4.08. The quantitative estimate of drug-likeness (QED) is 0.773. The number of nitrogens with zero attached hydrogens (tertiary/aromatic N) is 1. The first-order valence-corrected chi connectivity index (χ1v) is 7.92. The lowest BCUT2D eigenvalue weighted by atomic mass is 10.0. The van der Waals surface area contributed by atoms with Crippen molar-refractivity contribution in [2.75, 3.05) is 18.9 Å². The zero-order valence-corrected chi connectivity index (χ0v) is 16.0. The van der Waals surface area contributed by atoms with Gasteiger partial charge in [0.2, 0.25) is 5.91 Å². The summed E-state index contributed by atoms with van der Waals surface area (Å²) in [5, 5.41) is 2.29. The molecule has 1 rings (SSSR count). The summed E-state index contributed by atoms with van der Waals surface area (Å²) in [6.45, 7) is 5.42. The minimum atomic E-state index is -4.62. The first-order valence-electron chi connectivity index (χ1n) is 7.92. The molecule has 3 N–H and O–H groups in total. The standard InChI is InChI=1S/C17H24F3N3O2.ClH/c1-10(2)15(21)5-6-23(4)16(25)12-7-13(17(18,19)20)9-14(8-12)22-11(3)24;/h7-10,15H,5-6,21H2,1-4H3,(H,22,24);1H. The van der Waals surface area contributed by atoms with Crippen LogP contribution < -0.4 is 11.1 Å². The minimum Gasteiger partial charge on any atom is -0.342 e. The van der Waals surface area contributed by atoms with E-state index in [1.807, 2.05) is 13.8 Å². The summed E-state index contributed by atoms with van der Waals surface area (Å²) in [5.74, 6) is -0.842. The Kier molecular flexibility index (Phi) is 9.10. The van der Waals surface area contributed by atoms with Gasteiger partial charge >= 0.3 is 6.18 Å². The molecule has 0 bridgehead atoms. The van der Waals surface area contributed by atoms with Crippen molar-refractivity contribution in [1.82, 2.24) is 4.90 Å². The second-order valence-corrected chi connectivity index (χ2v) is 6.40. The van der Waals surface area contributed by atoms with Crippen LogP contribution in [0.25, 0.3) is 0 Å². The number of benzene rings is 1. The van der Waals surface area contributed by atoms with Gasteiger partial charge in [-0.3, -0.25) is 9.59 Å². The van der Waals surface area contributed by atoms with Crippen molar-refractivity contribution >= 4 is 29.9 Å². The molecular formula is C17H25ClF3N3O2. The Morgan fingerprint density at radius 1 is 1.23 bits per heavy atom. The zero-order valence-electron chi connectivity index (χ0n) is 15.2. The number of alkyl halides is 3. The Morgan fingerprint density at radius 2 is 1.81 bits per heavy atom. The van der Waals surface area contributed by atoms with Crippen LogP contribution in [0.1, 0.15) is 43.1 Å². The molecule has 26 heavy (non-hydrogen) atoms. The lowest BCUT2D eigenvalue weighted by Gasteiger charge is -2.22. The number of hydrogen-bond acceptors (Lipinski definition) is 3. The number of anilines is 1. The Labute approximate surface area is 157 Å². The lowest BCUT2D eigenvalue weighted by molar-refractivity contribution is -0.137. The predicted molar refractivity (Wildman–Crippen MR) is 97.4 cm³/mol. The first kappa shape index (κ1) is 24.2. The SMILES string of the molecule is CC(=O)Nc1cc(C(=O)N(C)CCC(N)C(C)C)cc(C(F)(F)F)c1.Cl. The van der Waals surface area contributed by atoms with Crippen LogP contribution in [0.2, 0.25) is 0 Å². The Bertz CT molecular complexity index is 636. The molecule has 0 aliphatic rings. The third-order valence-corrected chi connectivity index (χ3v) is 3.83. The van der Waals surface area contributed by atoms with E-state index in [-0.39, 0.29) is 35.6 Å². The van der Waals surface area contributed by atoms with Gasteiger partial charge in [0.15, 0.2) is 0 Å². The highest BCUT2D eigenvalue weighted by Crippen LogP contribution is 2.32. The molecule has 0 saturated heterocycles. The molecule has 148 valence electrons. The number of amides is 2. The fourth-order valence-corrected chi connectivity index (χ4v) is 2.19. The van der Waals surface area contributed by atoms with Gasteiger partial charge in [-0.05, 0) is 30.5 Å². The van der Waals surface area contributed by atoms with Gasteiger partial charge in [0.1, 0.15) is 0 Å². The van der Waals surface area contributed by atoms with Crippen molar-refractivity contribution in [1.29, 1.82) is 0 Å². The predicted octanol–water partition coefficient (Wildman–Crippen LogP) is 3.53. The molecule has 0 fully saturated rings. The molecule has 1 aromatic rings. The Hall–Kier alpha value is -1.80. The highest BCUT2D eigenvalue weighted by molar-refractivity contribution is 5.97. The summed E-state index contributed by atoms with van der Waals surface area (Å²) in [5.41, 5.74) is 4.73. The van der Waals surface area contributed by atoms with Gasteiger partial charge in [0.25, 0.3) is 5.91 Å². The van der Waals surface area contributed by atoms with Crippen LogP contribution in [0.4, 0.5) is 18.9 Å². The topological polar surface area (TPSA) is 75.4 Å². The average molecular weight is 396 g/mol. The van der Waals surface area contributed by atoms with E-state index >= 15 is 0 Å². The molecule has 1 atom stereocenters. The summed E-state index contributed by atoms with van der Waals surface area (Å²) in [7, 11) is 1.51. The van der Waals surface area contributed by atoms with Gasteiger partial charge in [-0.1, -0.05) is 13.8 Å². The van der Waals surface area contributed by atoms with Crippen molar-refractivity contribution in [3.05, 3.63) is 29.3 Å². The van der Waals surface area contributed by atoms with E-state index in [4.69, 9.17) is 5.73 Å². The van der Waals surface area contributed by atoms with Gasteiger partial charge in [-0.25, -0.2) is 0 Å². The van der Waals surface area contributed by atoms with Crippen LogP contribution in [-0.2, 0) is 11.0 Å². The van der Waals surface area contributed by atoms with Crippen molar-refractivity contribution in [3.63, 3.8) is 0 Å². The summed E-state index contributed by atoms with van der Waals surface area (Å²) in [6, 6.07) is 2.71. The maximum Gasteiger partial charge on any atom is 0.416 e. The molecule has 9 heteroatoms. The molecule has 0 aromatic heterocycles. The van der Waals surface area contributed by atoms with Crippen LogP contribution in [0.15, 0.2) is 18.2 Å².